The van der Waals surface area contributed by atoms with E-state index in [1.807, 2.05) is 17.5 Å². The molecule has 158 valence electrons. The molecule has 0 bridgehead atoms. The summed E-state index contributed by atoms with van der Waals surface area (Å²) in [4.78, 5) is 13.1. The Morgan fingerprint density at radius 1 is 1.13 bits per heavy atom. The fourth-order valence-electron chi connectivity index (χ4n) is 2.80. The lowest BCUT2D eigenvalue weighted by atomic mass is 10.2. The summed E-state index contributed by atoms with van der Waals surface area (Å²) in [5.41, 5.74) is 1.73. The summed E-state index contributed by atoms with van der Waals surface area (Å²) in [6.45, 7) is 0.719. The molecule has 4 rings (SSSR count). The van der Waals surface area contributed by atoms with Crippen LogP contribution >= 0.6 is 34.5 Å². The van der Waals surface area contributed by atoms with E-state index in [-0.39, 0.29) is 17.5 Å². The van der Waals surface area contributed by atoms with E-state index in [1.165, 1.54) is 23.5 Å². The molecule has 0 atom stereocenters. The van der Waals surface area contributed by atoms with E-state index >= 15 is 0 Å². The maximum absolute atomic E-state index is 13.0. The van der Waals surface area contributed by atoms with E-state index in [9.17, 15) is 9.18 Å². The molecule has 4 aromatic rings. The van der Waals surface area contributed by atoms with Crippen LogP contribution in [0.4, 0.5) is 10.2 Å². The molecule has 0 saturated carbocycles. The summed E-state index contributed by atoms with van der Waals surface area (Å²) in [5, 5.41) is 9.80. The molecular formula is C22H16Cl2FN3O2S. The van der Waals surface area contributed by atoms with Crippen LogP contribution in [-0.2, 0) is 13.2 Å². The fourth-order valence-corrected chi connectivity index (χ4v) is 3.97. The van der Waals surface area contributed by atoms with Crippen molar-refractivity contribution < 1.29 is 13.9 Å². The van der Waals surface area contributed by atoms with E-state index in [4.69, 9.17) is 27.9 Å². The van der Waals surface area contributed by atoms with Gasteiger partial charge in [0.25, 0.3) is 5.91 Å². The minimum absolute atomic E-state index is 0.263. The predicted molar refractivity (Wildman–Crippen MR) is 121 cm³/mol. The number of rotatable bonds is 7. The molecule has 0 aliphatic heterocycles. The summed E-state index contributed by atoms with van der Waals surface area (Å²) in [5.74, 6) is 0.304. The van der Waals surface area contributed by atoms with Crippen LogP contribution in [0.5, 0.6) is 5.75 Å². The predicted octanol–water partition coefficient (Wildman–Crippen LogP) is 6.27. The highest BCUT2D eigenvalue weighted by Gasteiger charge is 2.15. The van der Waals surface area contributed by atoms with Crippen molar-refractivity contribution in [2.75, 3.05) is 5.32 Å². The Hall–Kier alpha value is -2.87. The highest BCUT2D eigenvalue weighted by Crippen LogP contribution is 2.24. The smallest absolute Gasteiger partial charge is 0.266 e. The average Bonchev–Trinajstić information content (AvgIpc) is 3.35. The lowest BCUT2D eigenvalue weighted by Crippen LogP contribution is -2.11. The van der Waals surface area contributed by atoms with Crippen LogP contribution in [0.15, 0.2) is 66.2 Å². The topological polar surface area (TPSA) is 56.2 Å². The number of anilines is 1. The number of halogens is 3. The number of hydrogen-bond donors (Lipinski definition) is 1. The minimum atomic E-state index is -0.312. The summed E-state index contributed by atoms with van der Waals surface area (Å²) in [6, 6.07) is 15.0. The van der Waals surface area contributed by atoms with Gasteiger partial charge < -0.3 is 10.1 Å². The van der Waals surface area contributed by atoms with Crippen LogP contribution in [0.1, 0.15) is 20.8 Å². The first kappa shape index (κ1) is 21.4. The van der Waals surface area contributed by atoms with Crippen LogP contribution in [0, 0.1) is 5.82 Å². The van der Waals surface area contributed by atoms with Crippen molar-refractivity contribution in [2.24, 2.45) is 0 Å². The summed E-state index contributed by atoms with van der Waals surface area (Å²) < 4.78 is 20.3. The second kappa shape index (κ2) is 9.51. The Morgan fingerprint density at radius 3 is 2.71 bits per heavy atom. The van der Waals surface area contributed by atoms with Gasteiger partial charge in [-0.2, -0.15) is 5.10 Å². The standard InChI is InChI=1S/C22H16Cl2FN3O2S/c23-16-2-1-3-18(9-16)30-12-15-8-20(31-13-15)22(29)26-21-19(24)11-28(27-21)10-14-4-6-17(25)7-5-14/h1-9,11,13H,10,12H2,(H,26,27,29). The number of carbonyl (C=O) groups excluding carboxylic acids is 1. The third kappa shape index (κ3) is 5.64. The number of nitrogens with zero attached hydrogens (tertiary/aromatic N) is 2. The van der Waals surface area contributed by atoms with Gasteiger partial charge >= 0.3 is 0 Å². The fraction of sp³-hybridized carbons (Fsp3) is 0.0909. The molecular weight excluding hydrogens is 460 g/mol. The van der Waals surface area contributed by atoms with Crippen molar-refractivity contribution in [3.8, 4) is 5.75 Å². The molecule has 0 aliphatic rings. The largest absolute Gasteiger partial charge is 0.489 e. The molecule has 2 heterocycles. The van der Waals surface area contributed by atoms with Gasteiger partial charge in [0.1, 0.15) is 23.2 Å². The maximum Gasteiger partial charge on any atom is 0.266 e. The van der Waals surface area contributed by atoms with Gasteiger partial charge in [0.2, 0.25) is 0 Å². The number of ether oxygens (including phenoxy) is 1. The molecule has 1 amide bonds. The molecule has 0 fully saturated rings. The summed E-state index contributed by atoms with van der Waals surface area (Å²) in [7, 11) is 0. The zero-order valence-corrected chi connectivity index (χ0v) is 18.3. The second-order valence-electron chi connectivity index (χ2n) is 6.67. The van der Waals surface area contributed by atoms with Gasteiger partial charge in [0.15, 0.2) is 5.82 Å². The van der Waals surface area contributed by atoms with E-state index in [2.05, 4.69) is 10.4 Å². The Kier molecular flexibility index (Phi) is 6.56. The van der Waals surface area contributed by atoms with Crippen LogP contribution in [0.2, 0.25) is 10.0 Å². The van der Waals surface area contributed by atoms with Crippen LogP contribution in [0.3, 0.4) is 0 Å². The van der Waals surface area contributed by atoms with Crippen molar-refractivity contribution in [1.82, 2.24) is 9.78 Å². The Morgan fingerprint density at radius 2 is 1.94 bits per heavy atom. The van der Waals surface area contributed by atoms with E-state index < -0.39 is 0 Å². The number of aromatic nitrogens is 2. The zero-order valence-electron chi connectivity index (χ0n) is 16.0. The van der Waals surface area contributed by atoms with E-state index in [0.29, 0.717) is 33.8 Å². The van der Waals surface area contributed by atoms with Crippen LogP contribution < -0.4 is 10.1 Å². The average molecular weight is 476 g/mol. The Labute approximate surface area is 192 Å². The number of thiophene rings is 1. The van der Waals surface area contributed by atoms with Gasteiger partial charge in [-0.15, -0.1) is 11.3 Å². The number of carbonyl (C=O) groups is 1. The molecule has 0 unspecified atom stereocenters. The molecule has 9 heteroatoms. The quantitative estimate of drug-likeness (QED) is 0.342. The molecule has 0 saturated heterocycles. The number of hydrogen-bond acceptors (Lipinski definition) is 4. The van der Waals surface area contributed by atoms with Gasteiger partial charge in [-0.3, -0.25) is 9.48 Å². The number of amides is 1. The minimum Gasteiger partial charge on any atom is -0.489 e. The molecule has 2 aromatic heterocycles. The summed E-state index contributed by atoms with van der Waals surface area (Å²) in [6.07, 6.45) is 1.61. The van der Waals surface area contributed by atoms with Crippen LogP contribution in [-0.4, -0.2) is 15.7 Å². The Balaban J connectivity index is 1.37. The van der Waals surface area contributed by atoms with Gasteiger partial charge in [0, 0.05) is 16.8 Å². The lowest BCUT2D eigenvalue weighted by molar-refractivity contribution is 0.103. The second-order valence-corrected chi connectivity index (χ2v) is 8.42. The van der Waals surface area contributed by atoms with Gasteiger partial charge in [0.05, 0.1) is 11.4 Å². The van der Waals surface area contributed by atoms with Gasteiger partial charge in [-0.25, -0.2) is 4.39 Å². The van der Waals surface area contributed by atoms with Crippen molar-refractivity contribution in [3.63, 3.8) is 0 Å². The van der Waals surface area contributed by atoms with Crippen molar-refractivity contribution in [2.45, 2.75) is 13.2 Å². The van der Waals surface area contributed by atoms with Gasteiger partial charge in [-0.1, -0.05) is 41.4 Å². The molecule has 0 spiro atoms. The zero-order chi connectivity index (χ0) is 21.8. The highest BCUT2D eigenvalue weighted by molar-refractivity contribution is 7.12. The third-order valence-electron chi connectivity index (χ3n) is 4.29. The first-order valence-corrected chi connectivity index (χ1v) is 10.8. The van der Waals surface area contributed by atoms with Gasteiger partial charge in [-0.05, 0) is 47.3 Å². The van der Waals surface area contributed by atoms with E-state index in [1.54, 1.807) is 41.2 Å². The monoisotopic (exact) mass is 475 g/mol. The molecule has 1 N–H and O–H groups in total. The van der Waals surface area contributed by atoms with Crippen molar-refractivity contribution in [3.05, 3.63) is 98.0 Å². The molecule has 2 aromatic carbocycles. The highest BCUT2D eigenvalue weighted by atomic mass is 35.5. The molecule has 0 aliphatic carbocycles. The van der Waals surface area contributed by atoms with Crippen molar-refractivity contribution in [1.29, 1.82) is 0 Å². The first-order chi connectivity index (χ1) is 15.0. The molecule has 31 heavy (non-hydrogen) atoms. The number of benzene rings is 2. The lowest BCUT2D eigenvalue weighted by Gasteiger charge is -2.04. The SMILES string of the molecule is O=C(Nc1nn(Cc2ccc(F)cc2)cc1Cl)c1cc(COc2cccc(Cl)c2)cs1. The molecule has 0 radical (unpaired) electrons. The van der Waals surface area contributed by atoms with E-state index in [0.717, 1.165) is 11.1 Å². The number of nitrogens with one attached hydrogen (secondary N) is 1. The molecule has 5 nitrogen and oxygen atoms in total. The third-order valence-corrected chi connectivity index (χ3v) is 5.78. The van der Waals surface area contributed by atoms with Crippen molar-refractivity contribution >= 4 is 46.3 Å². The summed E-state index contributed by atoms with van der Waals surface area (Å²) >= 11 is 13.5. The normalized spacial score (nSPS) is 10.8. The first-order valence-electron chi connectivity index (χ1n) is 9.21. The van der Waals surface area contributed by atoms with Crippen LogP contribution in [0.25, 0.3) is 0 Å². The maximum atomic E-state index is 13.0. The Bertz CT molecular complexity index is 1210.